The van der Waals surface area contributed by atoms with Gasteiger partial charge in [0.2, 0.25) is 0 Å². The predicted octanol–water partition coefficient (Wildman–Crippen LogP) is 5.70. The van der Waals surface area contributed by atoms with Crippen LogP contribution < -0.4 is 5.32 Å². The number of hydrogen-bond acceptors (Lipinski definition) is 2. The number of nitrogens with zero attached hydrogens (tertiary/aromatic N) is 2. The second-order valence-corrected chi connectivity index (χ2v) is 7.53. The average molecular weight is 378 g/mol. The summed E-state index contributed by atoms with van der Waals surface area (Å²) in [4.78, 5) is 16.3. The molecule has 2 heterocycles. The van der Waals surface area contributed by atoms with Gasteiger partial charge in [-0.3, -0.25) is 0 Å². The highest BCUT2D eigenvalue weighted by molar-refractivity contribution is 7.98. The summed E-state index contributed by atoms with van der Waals surface area (Å²) >= 11 is 1.67. The minimum Gasteiger partial charge on any atom is -0.318 e. The zero-order chi connectivity index (χ0) is 18.8. The molecule has 1 atom stereocenters. The summed E-state index contributed by atoms with van der Waals surface area (Å²) < 4.78 is 2.21. The highest BCUT2D eigenvalue weighted by Gasteiger charge is 2.30. The molecule has 138 valence electrons. The van der Waals surface area contributed by atoms with Crippen molar-refractivity contribution in [1.29, 1.82) is 0 Å². The van der Waals surface area contributed by atoms with Crippen LogP contribution in [0, 0.1) is 0 Å². The number of para-hydroxylation sites is 1. The van der Waals surface area contributed by atoms with Crippen LogP contribution in [0.1, 0.15) is 30.6 Å². The van der Waals surface area contributed by atoms with Gasteiger partial charge in [0.15, 0.2) is 0 Å². The number of anilines is 1. The number of rotatable bonds is 3. The zero-order valence-electron chi connectivity index (χ0n) is 15.6. The van der Waals surface area contributed by atoms with E-state index in [1.54, 1.807) is 11.8 Å². The molecule has 0 saturated heterocycles. The van der Waals surface area contributed by atoms with Crippen molar-refractivity contribution < 1.29 is 4.79 Å². The smallest absolute Gasteiger partial charge is 0.318 e. The topological polar surface area (TPSA) is 37.3 Å². The number of nitrogens with one attached hydrogen (secondary N) is 1. The molecule has 4 rings (SSSR count). The molecule has 1 unspecified atom stereocenters. The highest BCUT2D eigenvalue weighted by atomic mass is 32.2. The van der Waals surface area contributed by atoms with Gasteiger partial charge in [-0.2, -0.15) is 0 Å². The molecular formula is C22H23N3OS. The Balaban J connectivity index is 1.70. The summed E-state index contributed by atoms with van der Waals surface area (Å²) in [5.74, 6) is 0. The Morgan fingerprint density at radius 1 is 1.15 bits per heavy atom. The van der Waals surface area contributed by atoms with E-state index in [1.165, 1.54) is 0 Å². The van der Waals surface area contributed by atoms with E-state index < -0.39 is 0 Å². The minimum absolute atomic E-state index is 0.0242. The molecule has 1 N–H and O–H groups in total. The van der Waals surface area contributed by atoms with Crippen LogP contribution in [0.15, 0.2) is 71.8 Å². The quantitative estimate of drug-likeness (QED) is 0.595. The number of urea groups is 1. The van der Waals surface area contributed by atoms with Crippen molar-refractivity contribution >= 4 is 23.5 Å². The first kappa shape index (κ1) is 17.7. The van der Waals surface area contributed by atoms with Crippen molar-refractivity contribution in [2.75, 3.05) is 11.6 Å². The average Bonchev–Trinajstić information content (AvgIpc) is 3.12. The normalized spacial score (nSPS) is 15.6. The fourth-order valence-corrected chi connectivity index (χ4v) is 4.22. The van der Waals surface area contributed by atoms with E-state index in [4.69, 9.17) is 0 Å². The van der Waals surface area contributed by atoms with Gasteiger partial charge in [-0.25, -0.2) is 4.79 Å². The first-order valence-corrected chi connectivity index (χ1v) is 10.4. The monoisotopic (exact) mass is 377 g/mol. The Kier molecular flexibility index (Phi) is 4.94. The van der Waals surface area contributed by atoms with E-state index in [0.29, 0.717) is 6.54 Å². The number of hydrogen-bond donors (Lipinski definition) is 1. The van der Waals surface area contributed by atoms with Gasteiger partial charge < -0.3 is 14.8 Å². The first-order chi connectivity index (χ1) is 13.2. The van der Waals surface area contributed by atoms with Crippen molar-refractivity contribution in [3.05, 3.63) is 78.1 Å². The largest absolute Gasteiger partial charge is 0.322 e. The molecule has 5 heteroatoms. The highest BCUT2D eigenvalue weighted by Crippen LogP contribution is 2.34. The van der Waals surface area contributed by atoms with E-state index >= 15 is 0 Å². The summed E-state index contributed by atoms with van der Waals surface area (Å²) in [6.07, 6.45) is 4.98. The number of aromatic nitrogens is 1. The molecule has 0 aliphatic carbocycles. The lowest BCUT2D eigenvalue weighted by atomic mass is 10.1. The maximum Gasteiger partial charge on any atom is 0.322 e. The zero-order valence-corrected chi connectivity index (χ0v) is 16.4. The second kappa shape index (κ2) is 7.53. The number of amides is 2. The number of fused-ring (bicyclic) bond motifs is 3. The third-order valence-corrected chi connectivity index (χ3v) is 5.78. The fourth-order valence-electron chi connectivity index (χ4n) is 3.76. The summed E-state index contributed by atoms with van der Waals surface area (Å²) in [7, 11) is 0. The SMILES string of the molecule is CCC1c2cccn2-c2ccccc2CN1C(=O)Nc1cccc(SC)c1. The number of carbonyl (C=O) groups is 1. The third kappa shape index (κ3) is 3.35. The number of thioether (sulfide) groups is 1. The lowest BCUT2D eigenvalue weighted by molar-refractivity contribution is 0.181. The molecule has 1 aromatic heterocycles. The number of carbonyl (C=O) groups excluding carboxylic acids is 1. The van der Waals surface area contributed by atoms with Gasteiger partial charge in [-0.05, 0) is 54.6 Å². The molecule has 0 radical (unpaired) electrons. The molecule has 3 aromatic rings. The van der Waals surface area contributed by atoms with Gasteiger partial charge in [0.25, 0.3) is 0 Å². The Morgan fingerprint density at radius 2 is 2.00 bits per heavy atom. The summed E-state index contributed by atoms with van der Waals surface area (Å²) in [6.45, 7) is 2.72. The first-order valence-electron chi connectivity index (χ1n) is 9.18. The fraction of sp³-hybridized carbons (Fsp3) is 0.227. The maximum atomic E-state index is 13.2. The molecule has 0 fully saturated rings. The molecular weight excluding hydrogens is 354 g/mol. The molecule has 0 spiro atoms. The molecule has 0 bridgehead atoms. The van der Waals surface area contributed by atoms with Crippen molar-refractivity contribution in [3.8, 4) is 5.69 Å². The molecule has 2 aromatic carbocycles. The molecule has 1 aliphatic heterocycles. The third-order valence-electron chi connectivity index (χ3n) is 5.06. The number of benzene rings is 2. The van der Waals surface area contributed by atoms with E-state index in [0.717, 1.165) is 33.9 Å². The Hall–Kier alpha value is -2.66. The van der Waals surface area contributed by atoms with Gasteiger partial charge in [0.05, 0.1) is 18.3 Å². The van der Waals surface area contributed by atoms with E-state index in [-0.39, 0.29) is 12.1 Å². The Labute approximate surface area is 164 Å². The van der Waals surface area contributed by atoms with Crippen LogP contribution in [0.2, 0.25) is 0 Å². The van der Waals surface area contributed by atoms with E-state index in [1.807, 2.05) is 47.6 Å². The van der Waals surface area contributed by atoms with Gasteiger partial charge >= 0.3 is 6.03 Å². The van der Waals surface area contributed by atoms with Crippen molar-refractivity contribution in [2.45, 2.75) is 30.8 Å². The molecule has 4 nitrogen and oxygen atoms in total. The molecule has 27 heavy (non-hydrogen) atoms. The van der Waals surface area contributed by atoms with E-state index in [2.05, 4.69) is 47.3 Å². The van der Waals surface area contributed by atoms with Gasteiger partial charge in [-0.1, -0.05) is 31.2 Å². The van der Waals surface area contributed by atoms with Crippen molar-refractivity contribution in [1.82, 2.24) is 9.47 Å². The predicted molar refractivity (Wildman–Crippen MR) is 112 cm³/mol. The van der Waals surface area contributed by atoms with Gasteiger partial charge in [-0.15, -0.1) is 11.8 Å². The summed E-state index contributed by atoms with van der Waals surface area (Å²) in [5, 5.41) is 3.10. The van der Waals surface area contributed by atoms with Crippen molar-refractivity contribution in [3.63, 3.8) is 0 Å². The summed E-state index contributed by atoms with van der Waals surface area (Å²) in [5.41, 5.74) is 4.28. The molecule has 1 aliphatic rings. The van der Waals surface area contributed by atoms with Crippen molar-refractivity contribution in [2.24, 2.45) is 0 Å². The van der Waals surface area contributed by atoms with Crippen LogP contribution in [0.3, 0.4) is 0 Å². The minimum atomic E-state index is -0.0652. The molecule has 0 saturated carbocycles. The lowest BCUT2D eigenvalue weighted by Crippen LogP contribution is -2.37. The Bertz CT molecular complexity index is 965. The van der Waals surface area contributed by atoms with Gasteiger partial charge in [0, 0.05) is 22.5 Å². The summed E-state index contributed by atoms with van der Waals surface area (Å²) in [6, 6.07) is 20.4. The second-order valence-electron chi connectivity index (χ2n) is 6.65. The van der Waals surface area contributed by atoms with Crippen LogP contribution >= 0.6 is 11.8 Å². The molecule has 2 amide bonds. The maximum absolute atomic E-state index is 13.2. The van der Waals surface area contributed by atoms with Crippen LogP contribution in [-0.2, 0) is 6.54 Å². The Morgan fingerprint density at radius 3 is 2.81 bits per heavy atom. The van der Waals surface area contributed by atoms with Crippen LogP contribution in [-0.4, -0.2) is 21.8 Å². The van der Waals surface area contributed by atoms with Gasteiger partial charge in [0.1, 0.15) is 0 Å². The van der Waals surface area contributed by atoms with Crippen LogP contribution in [0.5, 0.6) is 0 Å². The van der Waals surface area contributed by atoms with Crippen LogP contribution in [0.4, 0.5) is 10.5 Å². The van der Waals surface area contributed by atoms with Crippen LogP contribution in [0.25, 0.3) is 5.69 Å². The lowest BCUT2D eigenvalue weighted by Gasteiger charge is -2.29. The standard InChI is InChI=1S/C22H23N3OS/c1-3-19-21-12-7-13-24(21)20-11-5-4-8-16(20)15-25(19)22(26)23-17-9-6-10-18(14-17)27-2/h4-14,19H,3,15H2,1-2H3,(H,23,26). The van der Waals surface area contributed by atoms with E-state index in [9.17, 15) is 4.79 Å².